The Labute approximate surface area is 129 Å². The van der Waals surface area contributed by atoms with E-state index in [0.717, 1.165) is 5.56 Å². The van der Waals surface area contributed by atoms with Gasteiger partial charge in [0.05, 0.1) is 13.0 Å². The monoisotopic (exact) mass is 301 g/mol. The molecule has 0 heterocycles. The summed E-state index contributed by atoms with van der Waals surface area (Å²) in [6, 6.07) is 14.8. The summed E-state index contributed by atoms with van der Waals surface area (Å²) in [7, 11) is 1.52. The second kappa shape index (κ2) is 7.47. The molecule has 2 aromatic carbocycles. The lowest BCUT2D eigenvalue weighted by atomic mass is 9.98. The first-order valence-electron chi connectivity index (χ1n) is 6.94. The summed E-state index contributed by atoms with van der Waals surface area (Å²) in [5.41, 5.74) is 7.10. The Balaban J connectivity index is 2.33. The van der Waals surface area contributed by atoms with Gasteiger partial charge in [0.1, 0.15) is 6.61 Å². The standard InChI is InChI=1S/C17H19NO4/c1-21-15-9-5-8-13(14(10-18)17(19)20)16(15)22-11-12-6-3-2-4-7-12/h2-9,14H,10-11,18H2,1H3,(H,19,20). The Kier molecular flexibility index (Phi) is 5.38. The van der Waals surface area contributed by atoms with Crippen LogP contribution in [0.4, 0.5) is 0 Å². The summed E-state index contributed by atoms with van der Waals surface area (Å²) in [6.45, 7) is 0.315. The van der Waals surface area contributed by atoms with Crippen molar-refractivity contribution < 1.29 is 19.4 Å². The first-order valence-corrected chi connectivity index (χ1v) is 6.94. The molecule has 1 unspecified atom stereocenters. The van der Waals surface area contributed by atoms with Crippen molar-refractivity contribution in [1.82, 2.24) is 0 Å². The summed E-state index contributed by atoms with van der Waals surface area (Å²) in [6.07, 6.45) is 0. The number of carbonyl (C=O) groups is 1. The molecule has 2 aromatic rings. The quantitative estimate of drug-likeness (QED) is 0.820. The van der Waals surface area contributed by atoms with Gasteiger partial charge >= 0.3 is 5.97 Å². The number of ether oxygens (including phenoxy) is 2. The minimum atomic E-state index is -0.986. The number of hydrogen-bond donors (Lipinski definition) is 2. The molecule has 0 bridgehead atoms. The minimum absolute atomic E-state index is 0.00972. The first-order chi connectivity index (χ1) is 10.7. The molecule has 5 nitrogen and oxygen atoms in total. The molecular formula is C17H19NO4. The zero-order valence-corrected chi connectivity index (χ0v) is 12.4. The highest BCUT2D eigenvalue weighted by atomic mass is 16.5. The molecule has 0 aliphatic rings. The molecule has 5 heteroatoms. The molecule has 1 atom stereocenters. The average Bonchev–Trinajstić information content (AvgIpc) is 2.54. The molecule has 22 heavy (non-hydrogen) atoms. The fourth-order valence-corrected chi connectivity index (χ4v) is 2.21. The zero-order valence-electron chi connectivity index (χ0n) is 12.4. The fourth-order valence-electron chi connectivity index (χ4n) is 2.21. The third kappa shape index (κ3) is 3.56. The molecule has 0 saturated carbocycles. The number of methoxy groups -OCH3 is 1. The van der Waals surface area contributed by atoms with Crippen molar-refractivity contribution in [3.8, 4) is 11.5 Å². The van der Waals surface area contributed by atoms with Gasteiger partial charge in [-0.1, -0.05) is 42.5 Å². The van der Waals surface area contributed by atoms with Crippen LogP contribution in [0.1, 0.15) is 17.0 Å². The SMILES string of the molecule is COc1cccc(C(CN)C(=O)O)c1OCc1ccccc1. The molecule has 0 aromatic heterocycles. The smallest absolute Gasteiger partial charge is 0.312 e. The van der Waals surface area contributed by atoms with E-state index in [-0.39, 0.29) is 6.54 Å². The van der Waals surface area contributed by atoms with Gasteiger partial charge in [-0.15, -0.1) is 0 Å². The van der Waals surface area contributed by atoms with Crippen LogP contribution in [0.3, 0.4) is 0 Å². The summed E-state index contributed by atoms with van der Waals surface area (Å²) in [4.78, 5) is 11.4. The number of para-hydroxylation sites is 1. The maximum absolute atomic E-state index is 11.4. The zero-order chi connectivity index (χ0) is 15.9. The summed E-state index contributed by atoms with van der Waals surface area (Å²) < 4.78 is 11.1. The Hall–Kier alpha value is -2.53. The van der Waals surface area contributed by atoms with Crippen molar-refractivity contribution in [3.05, 3.63) is 59.7 Å². The lowest BCUT2D eigenvalue weighted by Crippen LogP contribution is -2.22. The summed E-state index contributed by atoms with van der Waals surface area (Å²) >= 11 is 0. The molecule has 3 N–H and O–H groups in total. The number of nitrogens with two attached hydrogens (primary N) is 1. The lowest BCUT2D eigenvalue weighted by Gasteiger charge is -2.18. The van der Waals surface area contributed by atoms with Crippen LogP contribution in [-0.2, 0) is 11.4 Å². The normalized spacial score (nSPS) is 11.7. The van der Waals surface area contributed by atoms with E-state index in [1.54, 1.807) is 18.2 Å². The molecule has 0 spiro atoms. The van der Waals surface area contributed by atoms with Crippen LogP contribution < -0.4 is 15.2 Å². The van der Waals surface area contributed by atoms with Gasteiger partial charge in [-0.3, -0.25) is 4.79 Å². The number of rotatable bonds is 7. The van der Waals surface area contributed by atoms with Crippen molar-refractivity contribution in [2.45, 2.75) is 12.5 Å². The second-order valence-corrected chi connectivity index (χ2v) is 4.78. The highest BCUT2D eigenvalue weighted by Crippen LogP contribution is 2.36. The first kappa shape index (κ1) is 15.9. The Morgan fingerprint density at radius 1 is 1.18 bits per heavy atom. The highest BCUT2D eigenvalue weighted by Gasteiger charge is 2.24. The van der Waals surface area contributed by atoms with Crippen LogP contribution in [0.15, 0.2) is 48.5 Å². The van der Waals surface area contributed by atoms with E-state index in [0.29, 0.717) is 23.7 Å². The van der Waals surface area contributed by atoms with Crippen molar-refractivity contribution in [2.24, 2.45) is 5.73 Å². The van der Waals surface area contributed by atoms with Gasteiger partial charge in [-0.25, -0.2) is 0 Å². The summed E-state index contributed by atoms with van der Waals surface area (Å²) in [5, 5.41) is 9.32. The van der Waals surface area contributed by atoms with Crippen LogP contribution in [0.25, 0.3) is 0 Å². The molecule has 0 saturated heterocycles. The molecule has 0 fully saturated rings. The van der Waals surface area contributed by atoms with Gasteiger partial charge in [-0.05, 0) is 11.6 Å². The van der Waals surface area contributed by atoms with E-state index in [4.69, 9.17) is 15.2 Å². The molecule has 116 valence electrons. The third-order valence-electron chi connectivity index (χ3n) is 3.36. The van der Waals surface area contributed by atoms with E-state index in [1.807, 2.05) is 30.3 Å². The van der Waals surface area contributed by atoms with E-state index < -0.39 is 11.9 Å². The van der Waals surface area contributed by atoms with Crippen molar-refractivity contribution in [2.75, 3.05) is 13.7 Å². The Morgan fingerprint density at radius 2 is 1.91 bits per heavy atom. The van der Waals surface area contributed by atoms with Gasteiger partial charge in [0, 0.05) is 12.1 Å². The van der Waals surface area contributed by atoms with Gasteiger partial charge in [0.15, 0.2) is 11.5 Å². The van der Waals surface area contributed by atoms with Crippen LogP contribution >= 0.6 is 0 Å². The summed E-state index contributed by atoms with van der Waals surface area (Å²) in [5.74, 6) is -0.902. The number of carboxylic acid groups (broad SMARTS) is 1. The van der Waals surface area contributed by atoms with E-state index in [9.17, 15) is 9.90 Å². The maximum Gasteiger partial charge on any atom is 0.312 e. The average molecular weight is 301 g/mol. The molecule has 0 amide bonds. The minimum Gasteiger partial charge on any atom is -0.493 e. The van der Waals surface area contributed by atoms with Gasteiger partial charge in [0.2, 0.25) is 0 Å². The maximum atomic E-state index is 11.4. The van der Waals surface area contributed by atoms with Crippen molar-refractivity contribution in [3.63, 3.8) is 0 Å². The lowest BCUT2D eigenvalue weighted by molar-refractivity contribution is -0.138. The molecule has 0 aliphatic carbocycles. The molecule has 2 rings (SSSR count). The predicted molar refractivity (Wildman–Crippen MR) is 83.2 cm³/mol. The molecule has 0 radical (unpaired) electrons. The number of aliphatic carboxylic acids is 1. The predicted octanol–water partition coefficient (Wildman–Crippen LogP) is 2.40. The molecule has 0 aliphatic heterocycles. The Morgan fingerprint density at radius 3 is 2.50 bits per heavy atom. The van der Waals surface area contributed by atoms with E-state index in [2.05, 4.69) is 0 Å². The van der Waals surface area contributed by atoms with Crippen LogP contribution in [0.2, 0.25) is 0 Å². The van der Waals surface area contributed by atoms with Crippen LogP contribution in [0.5, 0.6) is 11.5 Å². The Bertz CT molecular complexity index is 628. The van der Waals surface area contributed by atoms with E-state index >= 15 is 0 Å². The van der Waals surface area contributed by atoms with Gasteiger partial charge in [0.25, 0.3) is 0 Å². The van der Waals surface area contributed by atoms with E-state index in [1.165, 1.54) is 7.11 Å². The highest BCUT2D eigenvalue weighted by molar-refractivity contribution is 5.78. The van der Waals surface area contributed by atoms with Crippen molar-refractivity contribution in [1.29, 1.82) is 0 Å². The number of benzene rings is 2. The van der Waals surface area contributed by atoms with Gasteiger partial charge in [-0.2, -0.15) is 0 Å². The number of carboxylic acids is 1. The molecular weight excluding hydrogens is 282 g/mol. The van der Waals surface area contributed by atoms with Crippen molar-refractivity contribution >= 4 is 5.97 Å². The van der Waals surface area contributed by atoms with Crippen LogP contribution in [-0.4, -0.2) is 24.7 Å². The van der Waals surface area contributed by atoms with Crippen LogP contribution in [0, 0.1) is 0 Å². The fraction of sp³-hybridized carbons (Fsp3) is 0.235. The van der Waals surface area contributed by atoms with Gasteiger partial charge < -0.3 is 20.3 Å². The topological polar surface area (TPSA) is 81.8 Å². The largest absolute Gasteiger partial charge is 0.493 e. The third-order valence-corrected chi connectivity index (χ3v) is 3.36. The second-order valence-electron chi connectivity index (χ2n) is 4.78. The number of hydrogen-bond acceptors (Lipinski definition) is 4.